The molecule has 0 spiro atoms. The minimum Gasteiger partial charge on any atom is -0.390 e. The summed E-state index contributed by atoms with van der Waals surface area (Å²) in [5.41, 5.74) is -0.203. The van der Waals surface area contributed by atoms with Crippen LogP contribution in [0.25, 0.3) is 0 Å². The lowest BCUT2D eigenvalue weighted by Crippen LogP contribution is -2.47. The number of rotatable bonds is 4. The van der Waals surface area contributed by atoms with E-state index in [9.17, 15) is 5.11 Å². The predicted octanol–water partition coefficient (Wildman–Crippen LogP) is 2.79. The first-order valence-electron chi connectivity index (χ1n) is 4.94. The van der Waals surface area contributed by atoms with Crippen LogP contribution in [0.5, 0.6) is 0 Å². The molecule has 13 heavy (non-hydrogen) atoms. The van der Waals surface area contributed by atoms with Gasteiger partial charge in [0.1, 0.15) is 0 Å². The average Bonchev–Trinajstić information content (AvgIpc) is 1.82. The van der Waals surface area contributed by atoms with Crippen molar-refractivity contribution in [3.63, 3.8) is 0 Å². The van der Waals surface area contributed by atoms with E-state index >= 15 is 0 Å². The molecule has 1 atom stereocenters. The lowest BCUT2D eigenvalue weighted by atomic mass is 9.83. The smallest absolute Gasteiger partial charge is 0.208 e. The maximum Gasteiger partial charge on any atom is 0.208 e. The second-order valence-corrected chi connectivity index (χ2v) is 6.82. The molecule has 0 heterocycles. The average molecular weight is 203 g/mol. The van der Waals surface area contributed by atoms with Gasteiger partial charge in [0.2, 0.25) is 9.04 Å². The molecule has 3 heteroatoms. The van der Waals surface area contributed by atoms with Crippen molar-refractivity contribution in [1.29, 1.82) is 0 Å². The molecule has 0 fully saturated rings. The van der Waals surface area contributed by atoms with Crippen molar-refractivity contribution in [3.05, 3.63) is 0 Å². The highest BCUT2D eigenvalue weighted by Crippen LogP contribution is 2.35. The molecule has 2 nitrogen and oxygen atoms in total. The Balaban J connectivity index is 4.53. The molecule has 0 aliphatic rings. The Hall–Kier alpha value is 0.137. The van der Waals surface area contributed by atoms with E-state index in [-0.39, 0.29) is 5.41 Å². The largest absolute Gasteiger partial charge is 0.390 e. The fourth-order valence-corrected chi connectivity index (χ4v) is 2.34. The normalized spacial score (nSPS) is 17.5. The third-order valence-electron chi connectivity index (χ3n) is 2.13. The monoisotopic (exact) mass is 203 g/mol. The zero-order chi connectivity index (χ0) is 10.7. The van der Waals surface area contributed by atoms with Crippen molar-refractivity contribution < 1.29 is 9.53 Å². The van der Waals surface area contributed by atoms with Crippen LogP contribution in [0, 0.1) is 5.41 Å². The van der Waals surface area contributed by atoms with Crippen LogP contribution in [0.2, 0.25) is 13.1 Å². The highest BCUT2D eigenvalue weighted by Gasteiger charge is 2.40. The van der Waals surface area contributed by atoms with Gasteiger partial charge in [-0.05, 0) is 13.1 Å². The Bertz CT molecular complexity index is 151. The molecule has 0 amide bonds. The number of hydrogen-bond acceptors (Lipinski definition) is 2. The quantitative estimate of drug-likeness (QED) is 0.562. The first kappa shape index (κ1) is 13.1. The van der Waals surface area contributed by atoms with Crippen LogP contribution in [-0.2, 0) is 4.43 Å². The molecule has 0 saturated heterocycles. The lowest BCUT2D eigenvalue weighted by molar-refractivity contribution is -0.214. The molecule has 0 aliphatic heterocycles. The molecule has 0 bridgehead atoms. The highest BCUT2D eigenvalue weighted by atomic mass is 28.3. The number of hydrogen-bond donors (Lipinski definition) is 1. The van der Waals surface area contributed by atoms with E-state index in [4.69, 9.17) is 4.43 Å². The fraction of sp³-hybridized carbons (Fsp3) is 1.00. The summed E-state index contributed by atoms with van der Waals surface area (Å²) in [5, 5.41) is 10.3. The summed E-state index contributed by atoms with van der Waals surface area (Å²) in [7, 11) is -0.846. The summed E-state index contributed by atoms with van der Waals surface area (Å²) in [4.78, 5) is 0. The van der Waals surface area contributed by atoms with Crippen LogP contribution >= 0.6 is 0 Å². The van der Waals surface area contributed by atoms with Gasteiger partial charge in [-0.1, -0.05) is 34.1 Å². The van der Waals surface area contributed by atoms with E-state index in [1.807, 2.05) is 20.8 Å². The van der Waals surface area contributed by atoms with Crippen LogP contribution in [0.3, 0.4) is 0 Å². The van der Waals surface area contributed by atoms with Gasteiger partial charge in [-0.25, -0.2) is 0 Å². The van der Waals surface area contributed by atoms with Gasteiger partial charge in [-0.15, -0.1) is 0 Å². The first-order valence-corrected chi connectivity index (χ1v) is 7.35. The van der Waals surface area contributed by atoms with Gasteiger partial charge >= 0.3 is 0 Å². The third kappa shape index (κ3) is 3.79. The minimum absolute atomic E-state index is 0.203. The molecule has 1 N–H and O–H groups in total. The molecule has 0 rings (SSSR count). The first-order chi connectivity index (χ1) is 5.73. The Kier molecular flexibility index (Phi) is 4.62. The van der Waals surface area contributed by atoms with Crippen molar-refractivity contribution in [2.24, 2.45) is 5.41 Å². The Morgan fingerprint density at radius 1 is 1.23 bits per heavy atom. The zero-order valence-electron chi connectivity index (χ0n) is 9.77. The fourth-order valence-electron chi connectivity index (χ4n) is 1.26. The van der Waals surface area contributed by atoms with Gasteiger partial charge in [0.15, 0.2) is 5.79 Å². The molecule has 1 unspecified atom stereocenters. The van der Waals surface area contributed by atoms with Crippen molar-refractivity contribution in [1.82, 2.24) is 0 Å². The van der Waals surface area contributed by atoms with Crippen LogP contribution in [-0.4, -0.2) is 19.9 Å². The van der Waals surface area contributed by atoms with Crippen molar-refractivity contribution in [2.45, 2.75) is 59.4 Å². The van der Waals surface area contributed by atoms with E-state index in [0.29, 0.717) is 6.42 Å². The van der Waals surface area contributed by atoms with Gasteiger partial charge < -0.3 is 9.53 Å². The van der Waals surface area contributed by atoms with Crippen molar-refractivity contribution >= 4 is 9.04 Å². The third-order valence-corrected chi connectivity index (χ3v) is 2.88. The van der Waals surface area contributed by atoms with Gasteiger partial charge in [-0.2, -0.15) is 0 Å². The lowest BCUT2D eigenvalue weighted by Gasteiger charge is -2.41. The van der Waals surface area contributed by atoms with E-state index in [1.165, 1.54) is 0 Å². The van der Waals surface area contributed by atoms with Gasteiger partial charge in [0, 0.05) is 11.8 Å². The van der Waals surface area contributed by atoms with Crippen molar-refractivity contribution in [2.75, 3.05) is 0 Å². The topological polar surface area (TPSA) is 29.5 Å². The molecule has 0 aromatic carbocycles. The summed E-state index contributed by atoms with van der Waals surface area (Å²) >= 11 is 0. The highest BCUT2D eigenvalue weighted by molar-refractivity contribution is 6.48. The molecule has 0 saturated carbocycles. The summed E-state index contributed by atoms with van der Waals surface area (Å²) < 4.78 is 5.70. The van der Waals surface area contributed by atoms with Gasteiger partial charge in [0.05, 0.1) is 0 Å². The Morgan fingerprint density at radius 3 is 1.92 bits per heavy atom. The van der Waals surface area contributed by atoms with Crippen LogP contribution in [0.4, 0.5) is 0 Å². The molecular formula is C10H23O2Si. The summed E-state index contributed by atoms with van der Waals surface area (Å²) in [5.74, 6) is -0.945. The Labute approximate surface area is 84.0 Å². The maximum absolute atomic E-state index is 10.3. The summed E-state index contributed by atoms with van der Waals surface area (Å²) in [6, 6.07) is 0. The van der Waals surface area contributed by atoms with E-state index in [0.717, 1.165) is 6.42 Å². The molecular weight excluding hydrogens is 180 g/mol. The molecule has 0 aromatic heterocycles. The second kappa shape index (κ2) is 4.58. The van der Waals surface area contributed by atoms with Crippen molar-refractivity contribution in [3.8, 4) is 0 Å². The SMILES string of the molecule is CCCC(O)(O[Si](C)C)C(C)(C)C. The summed E-state index contributed by atoms with van der Waals surface area (Å²) in [6.07, 6.45) is 1.66. The van der Waals surface area contributed by atoms with Crippen LogP contribution in [0.1, 0.15) is 40.5 Å². The molecule has 0 aliphatic carbocycles. The zero-order valence-corrected chi connectivity index (χ0v) is 10.8. The molecule has 0 aromatic rings. The van der Waals surface area contributed by atoms with Crippen LogP contribution < -0.4 is 0 Å². The maximum atomic E-state index is 10.3. The minimum atomic E-state index is -0.945. The standard InChI is InChI=1S/C10H23O2Si/c1-7-8-10(11,9(2,3)4)12-13(5)6/h11H,7-8H2,1-6H3. The number of aliphatic hydroxyl groups is 1. The molecule has 1 radical (unpaired) electrons. The Morgan fingerprint density at radius 2 is 1.69 bits per heavy atom. The van der Waals surface area contributed by atoms with Gasteiger partial charge in [0.25, 0.3) is 0 Å². The molecule has 79 valence electrons. The van der Waals surface area contributed by atoms with E-state index in [1.54, 1.807) is 0 Å². The second-order valence-electron chi connectivity index (χ2n) is 4.79. The predicted molar refractivity (Wildman–Crippen MR) is 57.9 cm³/mol. The summed E-state index contributed by atoms with van der Waals surface area (Å²) in [6.45, 7) is 12.2. The van der Waals surface area contributed by atoms with E-state index in [2.05, 4.69) is 20.0 Å². The van der Waals surface area contributed by atoms with Gasteiger partial charge in [-0.3, -0.25) is 0 Å². The van der Waals surface area contributed by atoms with E-state index < -0.39 is 14.8 Å². The van der Waals surface area contributed by atoms with Crippen LogP contribution in [0.15, 0.2) is 0 Å².